The van der Waals surface area contributed by atoms with E-state index in [4.69, 9.17) is 16.3 Å². The molecular formula is C16H24ClNO2. The van der Waals surface area contributed by atoms with Crippen LogP contribution in [0.3, 0.4) is 0 Å². The van der Waals surface area contributed by atoms with Crippen LogP contribution in [0.1, 0.15) is 37.9 Å². The van der Waals surface area contributed by atoms with Crippen molar-refractivity contribution < 1.29 is 9.84 Å². The van der Waals surface area contributed by atoms with Gasteiger partial charge in [-0.2, -0.15) is 0 Å². The fraction of sp³-hybridized carbons (Fsp3) is 0.625. The van der Waals surface area contributed by atoms with Crippen LogP contribution in [0.2, 0.25) is 5.02 Å². The lowest BCUT2D eigenvalue weighted by molar-refractivity contribution is -0.0214. The van der Waals surface area contributed by atoms with Crippen LogP contribution in [0.25, 0.3) is 0 Å². The van der Waals surface area contributed by atoms with Crippen LogP contribution in [0.5, 0.6) is 0 Å². The summed E-state index contributed by atoms with van der Waals surface area (Å²) >= 11 is 5.86. The van der Waals surface area contributed by atoms with Crippen molar-refractivity contribution in [1.29, 1.82) is 0 Å². The first-order valence-electron chi connectivity index (χ1n) is 7.31. The van der Waals surface area contributed by atoms with Crippen molar-refractivity contribution >= 4 is 11.6 Å². The maximum atomic E-state index is 10.0. The zero-order valence-corrected chi connectivity index (χ0v) is 13.0. The highest BCUT2D eigenvalue weighted by Gasteiger charge is 2.23. The van der Waals surface area contributed by atoms with E-state index in [9.17, 15) is 5.11 Å². The van der Waals surface area contributed by atoms with Gasteiger partial charge in [-0.05, 0) is 44.5 Å². The van der Waals surface area contributed by atoms with Crippen molar-refractivity contribution in [2.45, 2.75) is 44.4 Å². The highest BCUT2D eigenvalue weighted by atomic mass is 35.5. The summed E-state index contributed by atoms with van der Waals surface area (Å²) in [5, 5.41) is 10.8. The number of aliphatic hydroxyl groups is 1. The third kappa shape index (κ3) is 4.45. The van der Waals surface area contributed by atoms with E-state index in [2.05, 4.69) is 11.9 Å². The average Bonchev–Trinajstić information content (AvgIpc) is 2.34. The lowest BCUT2D eigenvalue weighted by Gasteiger charge is -2.35. The molecule has 3 nitrogen and oxygen atoms in total. The smallest absolute Gasteiger partial charge is 0.0900 e. The second-order valence-electron chi connectivity index (χ2n) is 5.71. The molecule has 0 heterocycles. The standard InChI is InChI=1S/C16H24ClNO2/c1-12(13-6-8-14(17)9-7-13)20-11-16(19)10-18(2)15-4-3-5-15/h6-9,12,15-16,19H,3-5,10-11H2,1-2H3. The number of ether oxygens (including phenoxy) is 1. The molecule has 0 radical (unpaired) electrons. The van der Waals surface area contributed by atoms with Gasteiger partial charge in [0.1, 0.15) is 0 Å². The number of rotatable bonds is 7. The van der Waals surface area contributed by atoms with Crippen LogP contribution in [0.15, 0.2) is 24.3 Å². The zero-order valence-electron chi connectivity index (χ0n) is 12.3. The first-order chi connectivity index (χ1) is 9.56. The van der Waals surface area contributed by atoms with Crippen LogP contribution in [0, 0.1) is 0 Å². The Balaban J connectivity index is 1.71. The van der Waals surface area contributed by atoms with E-state index in [0.717, 1.165) is 10.6 Å². The third-order valence-corrected chi connectivity index (χ3v) is 4.33. The lowest BCUT2D eigenvalue weighted by atomic mass is 9.92. The molecule has 2 unspecified atom stereocenters. The molecule has 1 aromatic carbocycles. The number of hydrogen-bond acceptors (Lipinski definition) is 3. The topological polar surface area (TPSA) is 32.7 Å². The molecule has 1 N–H and O–H groups in total. The Kier molecular flexibility index (Phi) is 5.85. The van der Waals surface area contributed by atoms with Crippen LogP contribution >= 0.6 is 11.6 Å². The van der Waals surface area contributed by atoms with Gasteiger partial charge < -0.3 is 14.7 Å². The van der Waals surface area contributed by atoms with E-state index >= 15 is 0 Å². The predicted molar refractivity (Wildman–Crippen MR) is 82.1 cm³/mol. The maximum absolute atomic E-state index is 10.0. The zero-order chi connectivity index (χ0) is 14.5. The molecule has 0 amide bonds. The van der Waals surface area contributed by atoms with Gasteiger partial charge in [0.25, 0.3) is 0 Å². The fourth-order valence-corrected chi connectivity index (χ4v) is 2.57. The SMILES string of the molecule is CC(OCC(O)CN(C)C1CCC1)c1ccc(Cl)cc1. The van der Waals surface area contributed by atoms with Gasteiger partial charge in [-0.25, -0.2) is 0 Å². The predicted octanol–water partition coefficient (Wildman–Crippen LogP) is 3.26. The minimum absolute atomic E-state index is 0.0316. The minimum Gasteiger partial charge on any atom is -0.389 e. The van der Waals surface area contributed by atoms with Crippen molar-refractivity contribution in [2.24, 2.45) is 0 Å². The van der Waals surface area contributed by atoms with Gasteiger partial charge in [0.05, 0.1) is 18.8 Å². The highest BCUT2D eigenvalue weighted by Crippen LogP contribution is 2.24. The molecule has 4 heteroatoms. The molecular weight excluding hydrogens is 274 g/mol. The molecule has 0 spiro atoms. The Labute approximate surface area is 126 Å². The summed E-state index contributed by atoms with van der Waals surface area (Å²) in [5.41, 5.74) is 1.08. The highest BCUT2D eigenvalue weighted by molar-refractivity contribution is 6.30. The summed E-state index contributed by atoms with van der Waals surface area (Å²) in [6, 6.07) is 8.29. The van der Waals surface area contributed by atoms with Crippen molar-refractivity contribution in [3.63, 3.8) is 0 Å². The lowest BCUT2D eigenvalue weighted by Crippen LogP contribution is -2.42. The second kappa shape index (κ2) is 7.41. The molecule has 20 heavy (non-hydrogen) atoms. The van der Waals surface area contributed by atoms with Crippen LogP contribution < -0.4 is 0 Å². The van der Waals surface area contributed by atoms with E-state index in [0.29, 0.717) is 19.2 Å². The quantitative estimate of drug-likeness (QED) is 0.838. The van der Waals surface area contributed by atoms with E-state index in [-0.39, 0.29) is 6.10 Å². The Morgan fingerprint density at radius 2 is 2.00 bits per heavy atom. The van der Waals surface area contributed by atoms with Gasteiger partial charge in [0.15, 0.2) is 0 Å². The third-order valence-electron chi connectivity index (χ3n) is 4.07. The van der Waals surface area contributed by atoms with E-state index in [1.54, 1.807) is 0 Å². The summed E-state index contributed by atoms with van der Waals surface area (Å²) in [4.78, 5) is 2.24. The largest absolute Gasteiger partial charge is 0.389 e. The van der Waals surface area contributed by atoms with Crippen LogP contribution in [-0.2, 0) is 4.74 Å². The summed E-state index contributed by atoms with van der Waals surface area (Å²) in [7, 11) is 2.08. The first kappa shape index (κ1) is 15.8. The van der Waals surface area contributed by atoms with E-state index in [1.807, 2.05) is 31.2 Å². The Morgan fingerprint density at radius 1 is 1.35 bits per heavy atom. The van der Waals surface area contributed by atoms with E-state index in [1.165, 1.54) is 19.3 Å². The Hall–Kier alpha value is -0.610. The monoisotopic (exact) mass is 297 g/mol. The first-order valence-corrected chi connectivity index (χ1v) is 7.69. The number of hydrogen-bond donors (Lipinski definition) is 1. The molecule has 0 aromatic heterocycles. The summed E-state index contributed by atoms with van der Waals surface area (Å²) in [6.45, 7) is 3.03. The van der Waals surface area contributed by atoms with Crippen molar-refractivity contribution in [1.82, 2.24) is 4.90 Å². The average molecular weight is 298 g/mol. The number of benzene rings is 1. The molecule has 0 bridgehead atoms. The van der Waals surface area contributed by atoms with Crippen LogP contribution in [0.4, 0.5) is 0 Å². The normalized spacial score (nSPS) is 18.9. The van der Waals surface area contributed by atoms with Crippen LogP contribution in [-0.4, -0.2) is 42.4 Å². The number of nitrogens with zero attached hydrogens (tertiary/aromatic N) is 1. The number of aliphatic hydroxyl groups excluding tert-OH is 1. The molecule has 1 saturated carbocycles. The van der Waals surface area contributed by atoms with Gasteiger partial charge in [-0.15, -0.1) is 0 Å². The maximum Gasteiger partial charge on any atom is 0.0900 e. The Bertz CT molecular complexity index is 405. The molecule has 2 rings (SSSR count). The molecule has 1 aliphatic rings. The van der Waals surface area contributed by atoms with Crippen molar-refractivity contribution in [2.75, 3.05) is 20.2 Å². The second-order valence-corrected chi connectivity index (χ2v) is 6.14. The molecule has 1 aliphatic carbocycles. The van der Waals surface area contributed by atoms with Gasteiger partial charge in [0.2, 0.25) is 0 Å². The summed E-state index contributed by atoms with van der Waals surface area (Å²) < 4.78 is 5.74. The number of halogens is 1. The van der Waals surface area contributed by atoms with Crippen molar-refractivity contribution in [3.05, 3.63) is 34.9 Å². The molecule has 2 atom stereocenters. The summed E-state index contributed by atoms with van der Waals surface area (Å²) in [6.07, 6.45) is 3.36. The Morgan fingerprint density at radius 3 is 2.55 bits per heavy atom. The summed E-state index contributed by atoms with van der Waals surface area (Å²) in [5.74, 6) is 0. The van der Waals surface area contributed by atoms with Gasteiger partial charge in [-0.1, -0.05) is 30.2 Å². The van der Waals surface area contributed by atoms with Gasteiger partial charge >= 0.3 is 0 Å². The van der Waals surface area contributed by atoms with Gasteiger partial charge in [-0.3, -0.25) is 0 Å². The molecule has 112 valence electrons. The molecule has 0 aliphatic heterocycles. The minimum atomic E-state index is -0.435. The van der Waals surface area contributed by atoms with Gasteiger partial charge in [0, 0.05) is 17.6 Å². The molecule has 1 aromatic rings. The van der Waals surface area contributed by atoms with E-state index < -0.39 is 6.10 Å². The molecule has 1 fully saturated rings. The molecule has 0 saturated heterocycles. The number of likely N-dealkylation sites (N-methyl/N-ethyl adjacent to an activating group) is 1. The van der Waals surface area contributed by atoms with Crippen molar-refractivity contribution in [3.8, 4) is 0 Å². The fourth-order valence-electron chi connectivity index (χ4n) is 2.45.